The van der Waals surface area contributed by atoms with Gasteiger partial charge in [-0.05, 0) is 45.0 Å². The van der Waals surface area contributed by atoms with Gasteiger partial charge in [-0.3, -0.25) is 9.69 Å². The summed E-state index contributed by atoms with van der Waals surface area (Å²) >= 11 is 0. The molecule has 1 aliphatic rings. The van der Waals surface area contributed by atoms with Gasteiger partial charge in [0, 0.05) is 19.3 Å². The van der Waals surface area contributed by atoms with Crippen molar-refractivity contribution in [1.82, 2.24) is 15.2 Å². The van der Waals surface area contributed by atoms with Gasteiger partial charge in [-0.2, -0.15) is 0 Å². The number of carbonyl (C=O) groups excluding carboxylic acids is 1. The van der Waals surface area contributed by atoms with Crippen LogP contribution in [0.5, 0.6) is 0 Å². The van der Waals surface area contributed by atoms with Gasteiger partial charge >= 0.3 is 0 Å². The summed E-state index contributed by atoms with van der Waals surface area (Å²) in [5, 5.41) is 6.19. The smallest absolute Gasteiger partial charge is 0.237 e. The highest BCUT2D eigenvalue weighted by atomic mass is 16.2. The average Bonchev–Trinajstić information content (AvgIpc) is 2.81. The Morgan fingerprint density at radius 1 is 1.24 bits per heavy atom. The monoisotopic (exact) mass is 290 g/mol. The van der Waals surface area contributed by atoms with E-state index in [1.54, 1.807) is 6.20 Å². The summed E-state index contributed by atoms with van der Waals surface area (Å²) in [7, 11) is 0. The Bertz CT molecular complexity index is 416. The molecule has 1 aromatic rings. The Morgan fingerprint density at radius 3 is 2.67 bits per heavy atom. The van der Waals surface area contributed by atoms with Crippen LogP contribution in [0, 0.1) is 0 Å². The summed E-state index contributed by atoms with van der Waals surface area (Å²) in [5.74, 6) is 0.965. The second-order valence-corrected chi connectivity index (χ2v) is 5.56. The molecular formula is C16H26N4O. The first-order valence-electron chi connectivity index (χ1n) is 7.94. The lowest BCUT2D eigenvalue weighted by Crippen LogP contribution is -2.46. The molecule has 21 heavy (non-hydrogen) atoms. The first kappa shape index (κ1) is 15.8. The number of aromatic nitrogens is 1. The van der Waals surface area contributed by atoms with Crippen LogP contribution in [0.4, 0.5) is 5.82 Å². The molecule has 0 saturated carbocycles. The molecule has 1 aromatic heterocycles. The summed E-state index contributed by atoms with van der Waals surface area (Å²) in [4.78, 5) is 18.7. The van der Waals surface area contributed by atoms with E-state index in [1.165, 1.54) is 25.7 Å². The number of hydrogen-bond acceptors (Lipinski definition) is 4. The van der Waals surface area contributed by atoms with Crippen LogP contribution >= 0.6 is 0 Å². The van der Waals surface area contributed by atoms with E-state index in [2.05, 4.69) is 20.5 Å². The number of anilines is 1. The fourth-order valence-electron chi connectivity index (χ4n) is 2.64. The molecule has 1 saturated heterocycles. The number of carbonyl (C=O) groups is 1. The number of amides is 1. The number of likely N-dealkylation sites (tertiary alicyclic amines) is 1. The Morgan fingerprint density at radius 2 is 2.00 bits per heavy atom. The molecule has 0 aromatic carbocycles. The third kappa shape index (κ3) is 5.34. The zero-order chi connectivity index (χ0) is 14.9. The molecule has 0 radical (unpaired) electrons. The Balaban J connectivity index is 1.66. The highest BCUT2D eigenvalue weighted by molar-refractivity contribution is 5.81. The van der Waals surface area contributed by atoms with E-state index in [0.717, 1.165) is 18.9 Å². The molecule has 0 bridgehead atoms. The SMILES string of the molecule is C[C@@H](C(=O)NCCNc1ccccn1)N1CCCCCC1. The second kappa shape index (κ2) is 8.62. The zero-order valence-electron chi connectivity index (χ0n) is 12.8. The van der Waals surface area contributed by atoms with E-state index in [1.807, 2.05) is 25.1 Å². The number of hydrogen-bond donors (Lipinski definition) is 2. The molecule has 1 fully saturated rings. The van der Waals surface area contributed by atoms with E-state index in [-0.39, 0.29) is 11.9 Å². The number of rotatable bonds is 6. The van der Waals surface area contributed by atoms with Crippen LogP contribution in [0.3, 0.4) is 0 Å². The summed E-state index contributed by atoms with van der Waals surface area (Å²) in [5.41, 5.74) is 0. The van der Waals surface area contributed by atoms with Crippen LogP contribution in [-0.2, 0) is 4.79 Å². The molecule has 116 valence electrons. The van der Waals surface area contributed by atoms with Gasteiger partial charge in [0.1, 0.15) is 5.82 Å². The highest BCUT2D eigenvalue weighted by Gasteiger charge is 2.21. The van der Waals surface area contributed by atoms with Crippen LogP contribution < -0.4 is 10.6 Å². The maximum Gasteiger partial charge on any atom is 0.237 e. The zero-order valence-corrected chi connectivity index (χ0v) is 12.8. The lowest BCUT2D eigenvalue weighted by Gasteiger charge is -2.26. The first-order valence-corrected chi connectivity index (χ1v) is 7.94. The molecule has 2 N–H and O–H groups in total. The molecule has 5 heteroatoms. The van der Waals surface area contributed by atoms with Crippen molar-refractivity contribution < 1.29 is 4.79 Å². The fourth-order valence-corrected chi connectivity index (χ4v) is 2.64. The molecular weight excluding hydrogens is 264 g/mol. The van der Waals surface area contributed by atoms with Gasteiger partial charge < -0.3 is 10.6 Å². The van der Waals surface area contributed by atoms with Crippen LogP contribution in [0.1, 0.15) is 32.6 Å². The molecule has 0 aliphatic carbocycles. The molecule has 0 spiro atoms. The normalized spacial score (nSPS) is 17.8. The molecule has 0 unspecified atom stereocenters. The van der Waals surface area contributed by atoms with E-state index >= 15 is 0 Å². The minimum atomic E-state index is -0.0297. The van der Waals surface area contributed by atoms with Crippen molar-refractivity contribution >= 4 is 11.7 Å². The van der Waals surface area contributed by atoms with Crippen LogP contribution in [-0.4, -0.2) is 48.0 Å². The van der Waals surface area contributed by atoms with Gasteiger partial charge in [0.05, 0.1) is 6.04 Å². The molecule has 2 heterocycles. The van der Waals surface area contributed by atoms with Crippen molar-refractivity contribution in [1.29, 1.82) is 0 Å². The number of nitrogens with zero attached hydrogens (tertiary/aromatic N) is 2. The van der Waals surface area contributed by atoms with E-state index in [9.17, 15) is 4.79 Å². The summed E-state index contributed by atoms with van der Waals surface area (Å²) in [6, 6.07) is 5.71. The summed E-state index contributed by atoms with van der Waals surface area (Å²) in [6.07, 6.45) is 6.75. The maximum absolute atomic E-state index is 12.2. The lowest BCUT2D eigenvalue weighted by atomic mass is 10.2. The lowest BCUT2D eigenvalue weighted by molar-refractivity contribution is -0.125. The van der Waals surface area contributed by atoms with Crippen LogP contribution in [0.2, 0.25) is 0 Å². The van der Waals surface area contributed by atoms with E-state index in [4.69, 9.17) is 0 Å². The predicted octanol–water partition coefficient (Wildman–Crippen LogP) is 1.87. The average molecular weight is 290 g/mol. The Kier molecular flexibility index (Phi) is 6.47. The predicted molar refractivity (Wildman–Crippen MR) is 85.2 cm³/mol. The standard InChI is InChI=1S/C16H26N4O/c1-14(20-12-6-2-3-7-13-20)16(21)19-11-10-18-15-8-4-5-9-17-15/h4-5,8-9,14H,2-3,6-7,10-13H2,1H3,(H,17,18)(H,19,21)/t14-/m0/s1. The Hall–Kier alpha value is -1.62. The van der Waals surface area contributed by atoms with Gasteiger partial charge in [0.2, 0.25) is 5.91 Å². The van der Waals surface area contributed by atoms with Gasteiger partial charge in [0.15, 0.2) is 0 Å². The first-order chi connectivity index (χ1) is 10.3. The third-order valence-corrected chi connectivity index (χ3v) is 3.96. The van der Waals surface area contributed by atoms with Gasteiger partial charge in [-0.1, -0.05) is 18.9 Å². The topological polar surface area (TPSA) is 57.3 Å². The highest BCUT2D eigenvalue weighted by Crippen LogP contribution is 2.12. The molecule has 2 rings (SSSR count). The second-order valence-electron chi connectivity index (χ2n) is 5.56. The molecule has 1 aliphatic heterocycles. The summed E-state index contributed by atoms with van der Waals surface area (Å²) < 4.78 is 0. The van der Waals surface area contributed by atoms with E-state index in [0.29, 0.717) is 13.1 Å². The quantitative estimate of drug-likeness (QED) is 0.785. The number of pyridine rings is 1. The van der Waals surface area contributed by atoms with Crippen LogP contribution in [0.25, 0.3) is 0 Å². The molecule has 1 amide bonds. The van der Waals surface area contributed by atoms with Crippen molar-refractivity contribution in [3.63, 3.8) is 0 Å². The van der Waals surface area contributed by atoms with Crippen molar-refractivity contribution in [2.24, 2.45) is 0 Å². The maximum atomic E-state index is 12.2. The number of nitrogens with one attached hydrogen (secondary N) is 2. The largest absolute Gasteiger partial charge is 0.368 e. The van der Waals surface area contributed by atoms with Crippen molar-refractivity contribution in [2.75, 3.05) is 31.5 Å². The van der Waals surface area contributed by atoms with Crippen molar-refractivity contribution in [3.8, 4) is 0 Å². The Labute approximate surface area is 127 Å². The minimum absolute atomic E-state index is 0.0297. The molecule has 1 atom stereocenters. The van der Waals surface area contributed by atoms with E-state index < -0.39 is 0 Å². The third-order valence-electron chi connectivity index (χ3n) is 3.96. The van der Waals surface area contributed by atoms with Gasteiger partial charge in [-0.25, -0.2) is 4.98 Å². The van der Waals surface area contributed by atoms with Gasteiger partial charge in [0.25, 0.3) is 0 Å². The molecule has 5 nitrogen and oxygen atoms in total. The van der Waals surface area contributed by atoms with Crippen molar-refractivity contribution in [2.45, 2.75) is 38.6 Å². The fraction of sp³-hybridized carbons (Fsp3) is 0.625. The van der Waals surface area contributed by atoms with Crippen molar-refractivity contribution in [3.05, 3.63) is 24.4 Å². The van der Waals surface area contributed by atoms with Gasteiger partial charge in [-0.15, -0.1) is 0 Å². The summed E-state index contributed by atoms with van der Waals surface area (Å²) in [6.45, 7) is 5.40. The van der Waals surface area contributed by atoms with Crippen LogP contribution in [0.15, 0.2) is 24.4 Å². The minimum Gasteiger partial charge on any atom is -0.368 e.